The van der Waals surface area contributed by atoms with Crippen molar-refractivity contribution in [2.75, 3.05) is 26.2 Å². The molecule has 21 heavy (non-hydrogen) atoms. The fraction of sp³-hybridized carbons (Fsp3) is 0.867. The van der Waals surface area contributed by atoms with Crippen molar-refractivity contribution in [1.29, 1.82) is 0 Å². The molecular weight excluding hydrogens is 270 g/mol. The Morgan fingerprint density at radius 3 is 2.71 bits per heavy atom. The van der Waals surface area contributed by atoms with Crippen molar-refractivity contribution in [3.8, 4) is 0 Å². The van der Waals surface area contributed by atoms with Crippen LogP contribution in [0.2, 0.25) is 0 Å². The zero-order valence-corrected chi connectivity index (χ0v) is 12.6. The number of likely N-dealkylation sites (tertiary alicyclic amines) is 1. The van der Waals surface area contributed by atoms with Gasteiger partial charge in [-0.3, -0.25) is 4.79 Å². The highest BCUT2D eigenvalue weighted by Crippen LogP contribution is 2.27. The molecule has 3 aliphatic rings. The van der Waals surface area contributed by atoms with Gasteiger partial charge < -0.3 is 20.2 Å². The van der Waals surface area contributed by atoms with Crippen molar-refractivity contribution < 1.29 is 14.7 Å². The Morgan fingerprint density at radius 1 is 1.19 bits per heavy atom. The van der Waals surface area contributed by atoms with E-state index in [9.17, 15) is 9.59 Å². The summed E-state index contributed by atoms with van der Waals surface area (Å²) in [6.45, 7) is 5.07. The van der Waals surface area contributed by atoms with E-state index in [1.165, 1.54) is 19.4 Å². The normalized spacial score (nSPS) is 36.5. The molecule has 0 aromatic carbocycles. The molecule has 3 heterocycles. The molecule has 4 unspecified atom stereocenters. The Balaban J connectivity index is 1.51. The van der Waals surface area contributed by atoms with Crippen LogP contribution in [0.1, 0.15) is 32.6 Å². The van der Waals surface area contributed by atoms with Gasteiger partial charge in [-0.1, -0.05) is 6.92 Å². The van der Waals surface area contributed by atoms with Crippen molar-refractivity contribution in [2.45, 2.75) is 44.7 Å². The molecule has 3 fully saturated rings. The second-order valence-electron chi connectivity index (χ2n) is 6.83. The van der Waals surface area contributed by atoms with E-state index in [4.69, 9.17) is 5.11 Å². The monoisotopic (exact) mass is 295 g/mol. The number of amides is 2. The smallest absolute Gasteiger partial charge is 0.317 e. The SMILES string of the molecule is CC1CN(C(=O)NC2CCN3CCCC3C2)CC1C(=O)O. The van der Waals surface area contributed by atoms with Crippen LogP contribution < -0.4 is 5.32 Å². The average molecular weight is 295 g/mol. The molecule has 2 N–H and O–H groups in total. The van der Waals surface area contributed by atoms with Crippen molar-refractivity contribution >= 4 is 12.0 Å². The second-order valence-corrected chi connectivity index (χ2v) is 6.83. The van der Waals surface area contributed by atoms with Crippen LogP contribution in [-0.2, 0) is 4.79 Å². The van der Waals surface area contributed by atoms with Gasteiger partial charge in [0.1, 0.15) is 0 Å². The van der Waals surface area contributed by atoms with E-state index in [0.717, 1.165) is 19.4 Å². The van der Waals surface area contributed by atoms with E-state index in [1.807, 2.05) is 6.92 Å². The summed E-state index contributed by atoms with van der Waals surface area (Å²) in [5.41, 5.74) is 0. The fourth-order valence-corrected chi connectivity index (χ4v) is 4.08. The lowest BCUT2D eigenvalue weighted by Crippen LogP contribution is -2.50. The van der Waals surface area contributed by atoms with Crippen LogP contribution in [0.15, 0.2) is 0 Å². The van der Waals surface area contributed by atoms with Crippen LogP contribution >= 0.6 is 0 Å². The number of piperidine rings is 1. The van der Waals surface area contributed by atoms with Crippen molar-refractivity contribution in [1.82, 2.24) is 15.1 Å². The Bertz CT molecular complexity index is 428. The number of rotatable bonds is 2. The maximum Gasteiger partial charge on any atom is 0.317 e. The predicted octanol–water partition coefficient (Wildman–Crippen LogP) is 0.975. The minimum absolute atomic E-state index is 0.0323. The number of carboxylic acid groups (broad SMARTS) is 1. The summed E-state index contributed by atoms with van der Waals surface area (Å²) in [4.78, 5) is 27.7. The van der Waals surface area contributed by atoms with Crippen molar-refractivity contribution in [3.63, 3.8) is 0 Å². The molecule has 6 nitrogen and oxygen atoms in total. The van der Waals surface area contributed by atoms with Crippen LogP contribution in [0.5, 0.6) is 0 Å². The van der Waals surface area contributed by atoms with E-state index >= 15 is 0 Å². The first-order valence-corrected chi connectivity index (χ1v) is 8.07. The fourth-order valence-electron chi connectivity index (χ4n) is 4.08. The number of nitrogens with one attached hydrogen (secondary N) is 1. The molecule has 3 aliphatic heterocycles. The van der Waals surface area contributed by atoms with E-state index < -0.39 is 11.9 Å². The van der Waals surface area contributed by atoms with Gasteiger partial charge in [0.05, 0.1) is 5.92 Å². The highest BCUT2D eigenvalue weighted by Gasteiger charge is 2.38. The van der Waals surface area contributed by atoms with Gasteiger partial charge in [-0.25, -0.2) is 4.79 Å². The summed E-state index contributed by atoms with van der Waals surface area (Å²) in [7, 11) is 0. The molecule has 4 atom stereocenters. The standard InChI is InChI=1S/C15H25N3O3/c1-10-8-18(9-13(10)14(19)20)15(21)16-11-4-6-17-5-2-3-12(17)7-11/h10-13H,2-9H2,1H3,(H,16,21)(H,19,20). The molecule has 3 rings (SSSR count). The average Bonchev–Trinajstić information content (AvgIpc) is 3.04. The van der Waals surface area contributed by atoms with Crippen molar-refractivity contribution in [2.24, 2.45) is 11.8 Å². The van der Waals surface area contributed by atoms with Crippen LogP contribution in [0.4, 0.5) is 4.79 Å². The summed E-state index contributed by atoms with van der Waals surface area (Å²) in [5, 5.41) is 12.3. The van der Waals surface area contributed by atoms with E-state index in [-0.39, 0.29) is 18.0 Å². The van der Waals surface area contributed by atoms with Gasteiger partial charge >= 0.3 is 12.0 Å². The lowest BCUT2D eigenvalue weighted by Gasteiger charge is -2.35. The van der Waals surface area contributed by atoms with E-state index in [1.54, 1.807) is 4.90 Å². The molecule has 0 spiro atoms. The molecule has 6 heteroatoms. The molecule has 0 aromatic rings. The second kappa shape index (κ2) is 5.83. The number of carbonyl (C=O) groups is 2. The largest absolute Gasteiger partial charge is 0.481 e. The summed E-state index contributed by atoms with van der Waals surface area (Å²) in [5.74, 6) is -1.19. The van der Waals surface area contributed by atoms with Gasteiger partial charge in [0, 0.05) is 31.7 Å². The van der Waals surface area contributed by atoms with Gasteiger partial charge in [-0.05, 0) is 38.1 Å². The molecule has 0 saturated carbocycles. The van der Waals surface area contributed by atoms with Gasteiger partial charge in [0.25, 0.3) is 0 Å². The highest BCUT2D eigenvalue weighted by molar-refractivity contribution is 5.77. The van der Waals surface area contributed by atoms with Crippen LogP contribution in [0.25, 0.3) is 0 Å². The summed E-state index contributed by atoms with van der Waals surface area (Å²) < 4.78 is 0. The molecule has 0 bridgehead atoms. The quantitative estimate of drug-likeness (QED) is 0.796. The van der Waals surface area contributed by atoms with Gasteiger partial charge in [-0.15, -0.1) is 0 Å². The topological polar surface area (TPSA) is 72.9 Å². The third-order valence-electron chi connectivity index (χ3n) is 5.36. The number of hydrogen-bond acceptors (Lipinski definition) is 3. The van der Waals surface area contributed by atoms with Crippen LogP contribution in [0, 0.1) is 11.8 Å². The van der Waals surface area contributed by atoms with Crippen LogP contribution in [-0.4, -0.2) is 65.2 Å². The van der Waals surface area contributed by atoms with Gasteiger partial charge in [0.2, 0.25) is 0 Å². The number of carboxylic acids is 1. The lowest BCUT2D eigenvalue weighted by atomic mass is 9.98. The molecule has 3 saturated heterocycles. The Labute approximate surface area is 125 Å². The number of carbonyl (C=O) groups excluding carboxylic acids is 1. The summed E-state index contributed by atoms with van der Waals surface area (Å²) >= 11 is 0. The molecule has 0 radical (unpaired) electrons. The maximum absolute atomic E-state index is 12.3. The number of nitrogens with zero attached hydrogens (tertiary/aromatic N) is 2. The summed E-state index contributed by atoms with van der Waals surface area (Å²) in [6.07, 6.45) is 4.56. The van der Waals surface area contributed by atoms with Gasteiger partial charge in [0.15, 0.2) is 0 Å². The minimum Gasteiger partial charge on any atom is -0.481 e. The van der Waals surface area contributed by atoms with Crippen LogP contribution in [0.3, 0.4) is 0 Å². The Morgan fingerprint density at radius 2 is 2.00 bits per heavy atom. The lowest BCUT2D eigenvalue weighted by molar-refractivity contribution is -0.142. The Hall–Kier alpha value is -1.30. The van der Waals surface area contributed by atoms with E-state index in [2.05, 4.69) is 10.2 Å². The van der Waals surface area contributed by atoms with E-state index in [0.29, 0.717) is 19.1 Å². The molecule has 118 valence electrons. The maximum atomic E-state index is 12.3. The zero-order valence-electron chi connectivity index (χ0n) is 12.6. The Kier molecular flexibility index (Phi) is 4.06. The number of fused-ring (bicyclic) bond motifs is 1. The zero-order chi connectivity index (χ0) is 15.0. The predicted molar refractivity (Wildman–Crippen MR) is 78.0 cm³/mol. The molecule has 0 aromatic heterocycles. The minimum atomic E-state index is -0.794. The highest BCUT2D eigenvalue weighted by atomic mass is 16.4. The number of urea groups is 1. The number of aliphatic carboxylic acids is 1. The molecule has 2 amide bonds. The first-order valence-electron chi connectivity index (χ1n) is 8.07. The summed E-state index contributed by atoms with van der Waals surface area (Å²) in [6, 6.07) is 0.798. The number of hydrogen-bond donors (Lipinski definition) is 2. The molecule has 0 aliphatic carbocycles. The first-order chi connectivity index (χ1) is 10.0. The van der Waals surface area contributed by atoms with Crippen molar-refractivity contribution in [3.05, 3.63) is 0 Å². The van der Waals surface area contributed by atoms with Gasteiger partial charge in [-0.2, -0.15) is 0 Å². The third-order valence-corrected chi connectivity index (χ3v) is 5.36. The first kappa shape index (κ1) is 14.6. The molecular formula is C15H25N3O3. The third kappa shape index (κ3) is 3.00.